The second-order valence-electron chi connectivity index (χ2n) is 4.26. The minimum absolute atomic E-state index is 0.0122. The van der Waals surface area contributed by atoms with Gasteiger partial charge in [-0.2, -0.15) is 0 Å². The average Bonchev–Trinajstić information content (AvgIpc) is 2.41. The Kier molecular flexibility index (Phi) is 3.98. The molecule has 20 heavy (non-hydrogen) atoms. The molecular formula is C15H12F2O3. The molecule has 0 radical (unpaired) electrons. The minimum Gasteiger partial charge on any atom is -0.488 e. The van der Waals surface area contributed by atoms with Crippen LogP contribution < -0.4 is 4.74 Å². The largest absolute Gasteiger partial charge is 0.488 e. The maximum atomic E-state index is 13.5. The van der Waals surface area contributed by atoms with Crippen molar-refractivity contribution in [3.8, 4) is 5.75 Å². The predicted octanol–water partition coefficient (Wildman–Crippen LogP) is 3.55. The van der Waals surface area contributed by atoms with Gasteiger partial charge in [0.25, 0.3) is 0 Å². The number of ether oxygens (including phenoxy) is 1. The lowest BCUT2D eigenvalue weighted by atomic mass is 10.1. The minimum atomic E-state index is -1.14. The van der Waals surface area contributed by atoms with Crippen LogP contribution in [0.3, 0.4) is 0 Å². The van der Waals surface area contributed by atoms with Gasteiger partial charge in [-0.25, -0.2) is 13.6 Å². The standard InChI is InChI=1S/C15H12F2O3/c1-9-4-2-6-11(15(18)19)14(9)20-8-10-5-3-7-12(16)13(10)17/h2-7H,8H2,1H3,(H,18,19). The summed E-state index contributed by atoms with van der Waals surface area (Å²) in [7, 11) is 0. The maximum absolute atomic E-state index is 13.5. The van der Waals surface area contributed by atoms with Gasteiger partial charge in [-0.05, 0) is 24.6 Å². The first-order valence-corrected chi connectivity index (χ1v) is 5.89. The zero-order chi connectivity index (χ0) is 14.7. The first-order valence-electron chi connectivity index (χ1n) is 5.89. The van der Waals surface area contributed by atoms with Crippen molar-refractivity contribution in [2.24, 2.45) is 0 Å². The molecule has 0 unspecified atom stereocenters. The maximum Gasteiger partial charge on any atom is 0.339 e. The number of hydrogen-bond acceptors (Lipinski definition) is 2. The van der Waals surface area contributed by atoms with Crippen molar-refractivity contribution >= 4 is 5.97 Å². The first kappa shape index (κ1) is 14.0. The van der Waals surface area contributed by atoms with Gasteiger partial charge in [0.15, 0.2) is 11.6 Å². The van der Waals surface area contributed by atoms with Crippen LogP contribution in [0, 0.1) is 18.6 Å². The normalized spacial score (nSPS) is 10.3. The SMILES string of the molecule is Cc1cccc(C(=O)O)c1OCc1cccc(F)c1F. The molecule has 5 heteroatoms. The zero-order valence-corrected chi connectivity index (χ0v) is 10.7. The van der Waals surface area contributed by atoms with E-state index in [9.17, 15) is 13.6 Å². The molecule has 0 bridgehead atoms. The van der Waals surface area contributed by atoms with Gasteiger partial charge in [-0.3, -0.25) is 0 Å². The van der Waals surface area contributed by atoms with Gasteiger partial charge in [-0.15, -0.1) is 0 Å². The Balaban J connectivity index is 2.27. The van der Waals surface area contributed by atoms with Gasteiger partial charge < -0.3 is 9.84 Å². The number of benzene rings is 2. The Labute approximate surface area is 114 Å². The Morgan fingerprint density at radius 1 is 1.20 bits per heavy atom. The van der Waals surface area contributed by atoms with E-state index in [1.807, 2.05) is 0 Å². The Morgan fingerprint density at radius 2 is 1.90 bits per heavy atom. The number of carboxylic acids is 1. The van der Waals surface area contributed by atoms with E-state index in [0.29, 0.717) is 5.56 Å². The predicted molar refractivity (Wildman–Crippen MR) is 68.8 cm³/mol. The summed E-state index contributed by atoms with van der Waals surface area (Å²) in [6.45, 7) is 1.44. The quantitative estimate of drug-likeness (QED) is 0.930. The fourth-order valence-electron chi connectivity index (χ4n) is 1.82. The van der Waals surface area contributed by atoms with E-state index in [4.69, 9.17) is 9.84 Å². The van der Waals surface area contributed by atoms with E-state index >= 15 is 0 Å². The van der Waals surface area contributed by atoms with Crippen molar-refractivity contribution in [3.05, 3.63) is 64.7 Å². The van der Waals surface area contributed by atoms with Gasteiger partial charge in [0.2, 0.25) is 0 Å². The van der Waals surface area contributed by atoms with E-state index in [1.165, 1.54) is 18.2 Å². The molecule has 0 saturated heterocycles. The van der Waals surface area contributed by atoms with Crippen LogP contribution in [0.2, 0.25) is 0 Å². The van der Waals surface area contributed by atoms with Crippen molar-refractivity contribution in [3.63, 3.8) is 0 Å². The molecule has 2 aromatic rings. The lowest BCUT2D eigenvalue weighted by Gasteiger charge is -2.12. The summed E-state index contributed by atoms with van der Waals surface area (Å²) < 4.78 is 31.9. The summed E-state index contributed by atoms with van der Waals surface area (Å²) in [6, 6.07) is 8.43. The Hall–Kier alpha value is -2.43. The number of rotatable bonds is 4. The van der Waals surface area contributed by atoms with Crippen LogP contribution in [0.25, 0.3) is 0 Å². The molecule has 0 aliphatic carbocycles. The molecule has 0 amide bonds. The molecule has 3 nitrogen and oxygen atoms in total. The topological polar surface area (TPSA) is 46.5 Å². The average molecular weight is 278 g/mol. The van der Waals surface area contributed by atoms with Crippen LogP contribution in [-0.4, -0.2) is 11.1 Å². The molecular weight excluding hydrogens is 266 g/mol. The number of carboxylic acid groups (broad SMARTS) is 1. The van der Waals surface area contributed by atoms with Gasteiger partial charge in [-0.1, -0.05) is 24.3 Å². The van der Waals surface area contributed by atoms with E-state index in [2.05, 4.69) is 0 Å². The highest BCUT2D eigenvalue weighted by atomic mass is 19.2. The molecule has 0 aliphatic heterocycles. The highest BCUT2D eigenvalue weighted by Crippen LogP contribution is 2.25. The molecule has 0 heterocycles. The molecule has 0 fully saturated rings. The molecule has 0 atom stereocenters. The lowest BCUT2D eigenvalue weighted by Crippen LogP contribution is -2.06. The molecule has 0 aromatic heterocycles. The molecule has 0 spiro atoms. The van der Waals surface area contributed by atoms with Crippen LogP contribution in [0.5, 0.6) is 5.75 Å². The van der Waals surface area contributed by atoms with Crippen LogP contribution in [0.1, 0.15) is 21.5 Å². The van der Waals surface area contributed by atoms with E-state index in [0.717, 1.165) is 6.07 Å². The third-order valence-electron chi connectivity index (χ3n) is 2.85. The van der Waals surface area contributed by atoms with Crippen molar-refractivity contribution in [1.82, 2.24) is 0 Å². The van der Waals surface area contributed by atoms with Crippen LogP contribution >= 0.6 is 0 Å². The van der Waals surface area contributed by atoms with Crippen molar-refractivity contribution in [2.45, 2.75) is 13.5 Å². The molecule has 2 rings (SSSR count). The number of aryl methyl sites for hydroxylation is 1. The highest BCUT2D eigenvalue weighted by molar-refractivity contribution is 5.91. The van der Waals surface area contributed by atoms with Crippen LogP contribution in [0.4, 0.5) is 8.78 Å². The zero-order valence-electron chi connectivity index (χ0n) is 10.7. The summed E-state index contributed by atoms with van der Waals surface area (Å²) in [4.78, 5) is 11.1. The third-order valence-corrected chi connectivity index (χ3v) is 2.85. The highest BCUT2D eigenvalue weighted by Gasteiger charge is 2.15. The summed E-state index contributed by atoms with van der Waals surface area (Å²) >= 11 is 0. The number of para-hydroxylation sites is 1. The summed E-state index contributed by atoms with van der Waals surface area (Å²) in [6.07, 6.45) is 0. The fourth-order valence-corrected chi connectivity index (χ4v) is 1.82. The van der Waals surface area contributed by atoms with Gasteiger partial charge >= 0.3 is 5.97 Å². The van der Waals surface area contributed by atoms with Gasteiger partial charge in [0, 0.05) is 5.56 Å². The monoisotopic (exact) mass is 278 g/mol. The van der Waals surface area contributed by atoms with Crippen LogP contribution in [-0.2, 0) is 6.61 Å². The van der Waals surface area contributed by atoms with Crippen molar-refractivity contribution in [1.29, 1.82) is 0 Å². The molecule has 2 aromatic carbocycles. The Bertz CT molecular complexity index is 654. The van der Waals surface area contributed by atoms with Crippen molar-refractivity contribution in [2.75, 3.05) is 0 Å². The summed E-state index contributed by atoms with van der Waals surface area (Å²) in [5, 5.41) is 9.07. The van der Waals surface area contributed by atoms with Crippen LogP contribution in [0.15, 0.2) is 36.4 Å². The smallest absolute Gasteiger partial charge is 0.339 e. The number of carbonyl (C=O) groups is 1. The third kappa shape index (κ3) is 2.77. The van der Waals surface area contributed by atoms with Gasteiger partial charge in [0.1, 0.15) is 17.9 Å². The molecule has 0 saturated carbocycles. The number of hydrogen-bond donors (Lipinski definition) is 1. The molecule has 1 N–H and O–H groups in total. The van der Waals surface area contributed by atoms with E-state index < -0.39 is 17.6 Å². The first-order chi connectivity index (χ1) is 9.50. The number of halogens is 2. The fraction of sp³-hybridized carbons (Fsp3) is 0.133. The molecule has 104 valence electrons. The van der Waals surface area contributed by atoms with E-state index in [-0.39, 0.29) is 23.5 Å². The number of aromatic carboxylic acids is 1. The van der Waals surface area contributed by atoms with Gasteiger partial charge in [0.05, 0.1) is 0 Å². The van der Waals surface area contributed by atoms with E-state index in [1.54, 1.807) is 19.1 Å². The second kappa shape index (κ2) is 5.69. The van der Waals surface area contributed by atoms with Crippen molar-refractivity contribution < 1.29 is 23.4 Å². The summed E-state index contributed by atoms with van der Waals surface area (Å²) in [5.74, 6) is -2.93. The molecule has 0 aliphatic rings. The Morgan fingerprint density at radius 3 is 2.60 bits per heavy atom. The second-order valence-corrected chi connectivity index (χ2v) is 4.26. The lowest BCUT2D eigenvalue weighted by molar-refractivity contribution is 0.0691. The summed E-state index contributed by atoms with van der Waals surface area (Å²) in [5.41, 5.74) is 0.633.